The van der Waals surface area contributed by atoms with Crippen LogP contribution in [0, 0.1) is 0 Å². The maximum absolute atomic E-state index is 5.63. The van der Waals surface area contributed by atoms with Gasteiger partial charge in [0.05, 0.1) is 15.3 Å². The fourth-order valence-corrected chi connectivity index (χ4v) is 4.72. The molecule has 4 heteroatoms. The average molecular weight is 302 g/mol. The number of thioether (sulfide) groups is 1. The molecule has 1 atom stereocenters. The summed E-state index contributed by atoms with van der Waals surface area (Å²) < 4.78 is -0.0979. The zero-order chi connectivity index (χ0) is 14.0. The highest BCUT2D eigenvalue weighted by Crippen LogP contribution is 2.46. The van der Waals surface area contributed by atoms with E-state index in [1.165, 1.54) is 23.8 Å². The molecule has 0 radical (unpaired) electrons. The highest BCUT2D eigenvalue weighted by atomic mass is 32.2. The molecule has 20 heavy (non-hydrogen) atoms. The second-order valence-electron chi connectivity index (χ2n) is 5.13. The Morgan fingerprint density at radius 1 is 1.35 bits per heavy atom. The van der Waals surface area contributed by atoms with E-state index < -0.39 is 0 Å². The molecule has 104 valence electrons. The van der Waals surface area contributed by atoms with Gasteiger partial charge >= 0.3 is 0 Å². The zero-order valence-corrected chi connectivity index (χ0v) is 13.2. The Morgan fingerprint density at radius 2 is 2.20 bits per heavy atom. The van der Waals surface area contributed by atoms with E-state index in [4.69, 9.17) is 12.2 Å². The van der Waals surface area contributed by atoms with Crippen molar-refractivity contribution in [3.8, 4) is 0 Å². The molecule has 1 aromatic carbocycles. The van der Waals surface area contributed by atoms with Crippen LogP contribution in [-0.2, 0) is 4.75 Å². The van der Waals surface area contributed by atoms with Crippen LogP contribution in [0.25, 0.3) is 10.9 Å². The topological polar surface area (TPSA) is 24.9 Å². The van der Waals surface area contributed by atoms with Crippen LogP contribution >= 0.6 is 24.0 Å². The third kappa shape index (κ3) is 2.31. The molecule has 0 spiro atoms. The maximum Gasteiger partial charge on any atom is 0.0960 e. The van der Waals surface area contributed by atoms with Gasteiger partial charge in [0, 0.05) is 18.6 Å². The highest BCUT2D eigenvalue weighted by molar-refractivity contribution is 8.02. The van der Waals surface area contributed by atoms with Gasteiger partial charge in [-0.25, -0.2) is 0 Å². The van der Waals surface area contributed by atoms with Gasteiger partial charge in [-0.1, -0.05) is 36.8 Å². The zero-order valence-electron chi connectivity index (χ0n) is 11.6. The molecule has 0 bridgehead atoms. The molecule has 1 N–H and O–H groups in total. The van der Waals surface area contributed by atoms with Crippen LogP contribution in [0.4, 0.5) is 0 Å². The molecule has 1 unspecified atom stereocenters. The van der Waals surface area contributed by atoms with Crippen molar-refractivity contribution in [1.82, 2.24) is 10.3 Å². The maximum atomic E-state index is 5.63. The number of nitrogens with zero attached hydrogens (tertiary/aromatic N) is 1. The summed E-state index contributed by atoms with van der Waals surface area (Å²) in [5, 5.41) is 4.39. The molecule has 3 rings (SSSR count). The number of rotatable bonds is 2. The number of benzene rings is 1. The average Bonchev–Trinajstić information content (AvgIpc) is 2.54. The number of nitrogens with one attached hydrogen (secondary N) is 1. The number of fused-ring (bicyclic) bond motifs is 1. The van der Waals surface area contributed by atoms with E-state index in [2.05, 4.69) is 34.6 Å². The largest absolute Gasteiger partial charge is 0.381 e. The van der Waals surface area contributed by atoms with Crippen LogP contribution in [0.5, 0.6) is 0 Å². The first-order valence-corrected chi connectivity index (χ1v) is 8.37. The van der Waals surface area contributed by atoms with Crippen molar-refractivity contribution in [3.05, 3.63) is 42.1 Å². The number of pyridine rings is 1. The molecule has 2 aromatic rings. The van der Waals surface area contributed by atoms with Gasteiger partial charge < -0.3 is 5.32 Å². The molecule has 1 fully saturated rings. The molecule has 2 heterocycles. The van der Waals surface area contributed by atoms with E-state index in [1.54, 1.807) is 0 Å². The van der Waals surface area contributed by atoms with Gasteiger partial charge in [0.2, 0.25) is 0 Å². The monoisotopic (exact) mass is 302 g/mol. The molecule has 1 aromatic heterocycles. The minimum Gasteiger partial charge on any atom is -0.381 e. The molecule has 0 aliphatic carbocycles. The number of hydrogen-bond acceptors (Lipinski definition) is 3. The van der Waals surface area contributed by atoms with Crippen LogP contribution in [-0.4, -0.2) is 22.8 Å². The summed E-state index contributed by atoms with van der Waals surface area (Å²) in [5.41, 5.74) is 2.28. The van der Waals surface area contributed by atoms with E-state index in [-0.39, 0.29) is 4.75 Å². The standard InChI is InChI=1S/C16H18N2S2/c1-17-15(19)16(8-4-5-9-20-16)13-10-12-6-2-3-7-14(12)18-11-13/h2-3,6-7,10-11H,4-5,8-9H2,1H3,(H,17,19). The normalized spacial score (nSPS) is 22.6. The Labute approximate surface area is 129 Å². The minimum atomic E-state index is -0.0979. The van der Waals surface area contributed by atoms with Crippen LogP contribution < -0.4 is 5.32 Å². The Morgan fingerprint density at radius 3 is 2.95 bits per heavy atom. The quantitative estimate of drug-likeness (QED) is 0.851. The first kappa shape index (κ1) is 13.8. The second-order valence-corrected chi connectivity index (χ2v) is 6.93. The van der Waals surface area contributed by atoms with E-state index >= 15 is 0 Å². The van der Waals surface area contributed by atoms with Gasteiger partial charge in [0.25, 0.3) is 0 Å². The number of para-hydroxylation sites is 1. The first-order chi connectivity index (χ1) is 9.76. The SMILES string of the molecule is CNC(=S)C1(c2cnc3ccccc3c2)CCCCS1. The fourth-order valence-electron chi connectivity index (χ4n) is 2.83. The molecule has 1 saturated heterocycles. The molecule has 0 saturated carbocycles. The van der Waals surface area contributed by atoms with Crippen molar-refractivity contribution in [2.45, 2.75) is 24.0 Å². The van der Waals surface area contributed by atoms with Crippen molar-refractivity contribution in [3.63, 3.8) is 0 Å². The summed E-state index contributed by atoms with van der Waals surface area (Å²) in [7, 11) is 1.92. The van der Waals surface area contributed by atoms with E-state index in [9.17, 15) is 0 Å². The van der Waals surface area contributed by atoms with Crippen molar-refractivity contribution in [2.75, 3.05) is 12.8 Å². The Hall–Kier alpha value is -1.13. The Balaban J connectivity index is 2.11. The smallest absolute Gasteiger partial charge is 0.0960 e. The lowest BCUT2D eigenvalue weighted by molar-refractivity contribution is 0.621. The third-order valence-corrected chi connectivity index (χ3v) is 6.23. The lowest BCUT2D eigenvalue weighted by Crippen LogP contribution is -2.41. The van der Waals surface area contributed by atoms with Crippen LogP contribution in [0.15, 0.2) is 36.5 Å². The van der Waals surface area contributed by atoms with E-state index in [0.717, 1.165) is 22.7 Å². The van der Waals surface area contributed by atoms with Crippen LogP contribution in [0.1, 0.15) is 24.8 Å². The fraction of sp³-hybridized carbons (Fsp3) is 0.375. The Kier molecular flexibility index (Phi) is 3.94. The van der Waals surface area contributed by atoms with Gasteiger partial charge in [0.15, 0.2) is 0 Å². The van der Waals surface area contributed by atoms with Gasteiger partial charge in [-0.3, -0.25) is 4.98 Å². The number of hydrogen-bond donors (Lipinski definition) is 1. The molecule has 0 amide bonds. The number of likely N-dealkylation sites (N-methyl/N-ethyl adjacent to an activating group) is 1. The molecular formula is C16H18N2S2. The molecule has 2 nitrogen and oxygen atoms in total. The van der Waals surface area contributed by atoms with Gasteiger partial charge in [-0.2, -0.15) is 0 Å². The van der Waals surface area contributed by atoms with Gasteiger partial charge in [0.1, 0.15) is 0 Å². The summed E-state index contributed by atoms with van der Waals surface area (Å²) >= 11 is 7.59. The van der Waals surface area contributed by atoms with Crippen molar-refractivity contribution >= 4 is 39.9 Å². The highest BCUT2D eigenvalue weighted by Gasteiger charge is 2.39. The summed E-state index contributed by atoms with van der Waals surface area (Å²) in [6.45, 7) is 0. The van der Waals surface area contributed by atoms with Crippen molar-refractivity contribution in [2.24, 2.45) is 0 Å². The lowest BCUT2D eigenvalue weighted by Gasteiger charge is -2.37. The number of aromatic nitrogens is 1. The van der Waals surface area contributed by atoms with Gasteiger partial charge in [-0.05, 0) is 36.3 Å². The predicted molar refractivity (Wildman–Crippen MR) is 91.4 cm³/mol. The van der Waals surface area contributed by atoms with Crippen molar-refractivity contribution < 1.29 is 0 Å². The number of thiocarbonyl (C=S) groups is 1. The second kappa shape index (κ2) is 5.70. The molecule has 1 aliphatic rings. The predicted octanol–water partition coefficient (Wildman–Crippen LogP) is 3.89. The van der Waals surface area contributed by atoms with Gasteiger partial charge in [-0.15, -0.1) is 11.8 Å². The molecule has 1 aliphatic heterocycles. The van der Waals surface area contributed by atoms with Crippen molar-refractivity contribution in [1.29, 1.82) is 0 Å². The Bertz CT molecular complexity index is 633. The first-order valence-electron chi connectivity index (χ1n) is 6.98. The third-order valence-electron chi connectivity index (χ3n) is 3.92. The minimum absolute atomic E-state index is 0.0979. The lowest BCUT2D eigenvalue weighted by atomic mass is 9.92. The van der Waals surface area contributed by atoms with E-state index in [1.807, 2.05) is 31.1 Å². The summed E-state index contributed by atoms with van der Waals surface area (Å²) in [5.74, 6) is 1.16. The summed E-state index contributed by atoms with van der Waals surface area (Å²) in [4.78, 5) is 5.55. The molecular weight excluding hydrogens is 284 g/mol. The van der Waals surface area contributed by atoms with E-state index in [0.29, 0.717) is 0 Å². The summed E-state index contributed by atoms with van der Waals surface area (Å²) in [6, 6.07) is 10.5. The van der Waals surface area contributed by atoms with Crippen LogP contribution in [0.2, 0.25) is 0 Å². The summed E-state index contributed by atoms with van der Waals surface area (Å²) in [6.07, 6.45) is 5.60. The van der Waals surface area contributed by atoms with Crippen LogP contribution in [0.3, 0.4) is 0 Å².